The summed E-state index contributed by atoms with van der Waals surface area (Å²) in [7, 11) is 0. The van der Waals surface area contributed by atoms with Crippen LogP contribution >= 0.6 is 34.9 Å². The third kappa shape index (κ3) is 4.86. The van der Waals surface area contributed by atoms with Gasteiger partial charge in [0.2, 0.25) is 11.1 Å². The van der Waals surface area contributed by atoms with Gasteiger partial charge in [-0.15, -0.1) is 28.2 Å². The molecule has 3 rings (SSSR count). The van der Waals surface area contributed by atoms with Crippen molar-refractivity contribution < 1.29 is 4.79 Å². The highest BCUT2D eigenvalue weighted by Crippen LogP contribution is 2.19. The summed E-state index contributed by atoms with van der Waals surface area (Å²) >= 11 is 4.68. The number of H-pyrrole nitrogens is 1. The monoisotopic (exact) mass is 376 g/mol. The first-order chi connectivity index (χ1) is 11.7. The zero-order valence-corrected chi connectivity index (χ0v) is 15.4. The molecule has 0 atom stereocenters. The van der Waals surface area contributed by atoms with Crippen LogP contribution in [0, 0.1) is 0 Å². The molecule has 1 amide bonds. The molecule has 0 unspecified atom stereocenters. The van der Waals surface area contributed by atoms with E-state index in [1.54, 1.807) is 23.1 Å². The molecule has 24 heavy (non-hydrogen) atoms. The maximum Gasteiger partial charge on any atom is 0.234 e. The molecule has 0 aliphatic carbocycles. The van der Waals surface area contributed by atoms with Gasteiger partial charge < -0.3 is 5.32 Å². The van der Waals surface area contributed by atoms with Gasteiger partial charge in [-0.1, -0.05) is 17.8 Å². The van der Waals surface area contributed by atoms with E-state index in [1.807, 2.05) is 42.0 Å². The van der Waals surface area contributed by atoms with Crippen LogP contribution < -0.4 is 5.32 Å². The van der Waals surface area contributed by atoms with E-state index in [4.69, 9.17) is 0 Å². The van der Waals surface area contributed by atoms with Gasteiger partial charge in [-0.2, -0.15) is 0 Å². The molecule has 0 aliphatic heterocycles. The molecule has 8 heteroatoms. The molecule has 2 aromatic heterocycles. The predicted octanol–water partition coefficient (Wildman–Crippen LogP) is 3.91. The van der Waals surface area contributed by atoms with Gasteiger partial charge in [0, 0.05) is 21.9 Å². The highest BCUT2D eigenvalue weighted by Gasteiger charge is 2.09. The van der Waals surface area contributed by atoms with Crippen LogP contribution in [0.2, 0.25) is 0 Å². The van der Waals surface area contributed by atoms with Gasteiger partial charge in [0.15, 0.2) is 0 Å². The highest BCUT2D eigenvalue weighted by molar-refractivity contribution is 7.99. The molecule has 0 aliphatic rings. The lowest BCUT2D eigenvalue weighted by molar-refractivity contribution is -0.113. The van der Waals surface area contributed by atoms with Crippen LogP contribution in [0.3, 0.4) is 0 Å². The molecule has 0 radical (unpaired) electrons. The molecule has 0 saturated carbocycles. The summed E-state index contributed by atoms with van der Waals surface area (Å²) in [6.07, 6.45) is 2.76. The Labute approximate surface area is 152 Å². The summed E-state index contributed by atoms with van der Waals surface area (Å²) in [4.78, 5) is 18.8. The number of benzene rings is 1. The van der Waals surface area contributed by atoms with Crippen molar-refractivity contribution in [3.8, 4) is 0 Å². The second-order valence-electron chi connectivity index (χ2n) is 4.89. The summed E-state index contributed by atoms with van der Waals surface area (Å²) < 4.78 is 0. The lowest BCUT2D eigenvalue weighted by Crippen LogP contribution is -2.14. The van der Waals surface area contributed by atoms with E-state index >= 15 is 0 Å². The first-order valence-electron chi connectivity index (χ1n) is 7.23. The average molecular weight is 377 g/mol. The molecule has 0 bridgehead atoms. The topological polar surface area (TPSA) is 70.7 Å². The van der Waals surface area contributed by atoms with Crippen molar-refractivity contribution in [3.63, 3.8) is 0 Å². The van der Waals surface area contributed by atoms with Crippen LogP contribution in [0.5, 0.6) is 0 Å². The number of carbonyl (C=O) groups excluding carboxylic acids is 1. The number of hydrogen-bond donors (Lipinski definition) is 2. The number of aromatic amines is 1. The van der Waals surface area contributed by atoms with Crippen LogP contribution in [-0.2, 0) is 11.2 Å². The SMILES string of the molecule is CSc1ccc(NC(=O)CSc2n[nH]c(Cc3cccs3)n2)cc1. The Balaban J connectivity index is 1.48. The number of aromatic nitrogens is 3. The fraction of sp³-hybridized carbons (Fsp3) is 0.188. The van der Waals surface area contributed by atoms with E-state index in [0.29, 0.717) is 5.16 Å². The fourth-order valence-corrected chi connectivity index (χ4v) is 3.74. The lowest BCUT2D eigenvalue weighted by atomic mass is 10.3. The molecule has 1 aromatic carbocycles. The minimum Gasteiger partial charge on any atom is -0.325 e. The Bertz CT molecular complexity index is 784. The summed E-state index contributed by atoms with van der Waals surface area (Å²) in [5.41, 5.74) is 0.798. The Morgan fingerprint density at radius 2 is 2.12 bits per heavy atom. The molecule has 0 spiro atoms. The van der Waals surface area contributed by atoms with Crippen molar-refractivity contribution >= 4 is 46.5 Å². The number of nitrogens with one attached hydrogen (secondary N) is 2. The number of amides is 1. The Kier molecular flexibility index (Phi) is 5.95. The molecule has 124 valence electrons. The van der Waals surface area contributed by atoms with E-state index in [0.717, 1.165) is 17.9 Å². The zero-order chi connectivity index (χ0) is 16.8. The fourth-order valence-electron chi connectivity index (χ4n) is 2.00. The minimum absolute atomic E-state index is 0.0680. The molecular formula is C16H16N4OS3. The molecule has 0 fully saturated rings. The zero-order valence-electron chi connectivity index (χ0n) is 13.0. The maximum absolute atomic E-state index is 12.0. The third-order valence-corrected chi connectivity index (χ3v) is 5.61. The number of anilines is 1. The van der Waals surface area contributed by atoms with Crippen molar-refractivity contribution in [2.75, 3.05) is 17.3 Å². The second kappa shape index (κ2) is 8.36. The van der Waals surface area contributed by atoms with Gasteiger partial charge in [-0.25, -0.2) is 4.98 Å². The number of carbonyl (C=O) groups is 1. The predicted molar refractivity (Wildman–Crippen MR) is 101 cm³/mol. The maximum atomic E-state index is 12.0. The van der Waals surface area contributed by atoms with Crippen LogP contribution in [0.25, 0.3) is 0 Å². The largest absolute Gasteiger partial charge is 0.325 e. The van der Waals surface area contributed by atoms with Crippen LogP contribution in [0.4, 0.5) is 5.69 Å². The molecule has 3 aromatic rings. The molecular weight excluding hydrogens is 360 g/mol. The second-order valence-corrected chi connectivity index (χ2v) is 7.74. The Morgan fingerprint density at radius 3 is 2.83 bits per heavy atom. The number of thiophene rings is 1. The number of hydrogen-bond acceptors (Lipinski definition) is 6. The normalized spacial score (nSPS) is 10.7. The average Bonchev–Trinajstić information content (AvgIpc) is 3.26. The molecule has 5 nitrogen and oxygen atoms in total. The van der Waals surface area contributed by atoms with E-state index in [-0.39, 0.29) is 11.7 Å². The van der Waals surface area contributed by atoms with Gasteiger partial charge >= 0.3 is 0 Å². The summed E-state index contributed by atoms with van der Waals surface area (Å²) in [5, 5.41) is 12.6. The number of nitrogens with zero attached hydrogens (tertiary/aromatic N) is 2. The summed E-state index contributed by atoms with van der Waals surface area (Å²) in [6.45, 7) is 0. The first-order valence-corrected chi connectivity index (χ1v) is 10.3. The standard InChI is InChI=1S/C16H16N4OS3/c1-22-12-6-4-11(5-7-12)17-15(21)10-24-16-18-14(19-20-16)9-13-3-2-8-23-13/h2-8H,9-10H2,1H3,(H,17,21)(H,18,19,20). The van der Waals surface area contributed by atoms with Crippen LogP contribution in [-0.4, -0.2) is 33.1 Å². The molecule has 0 saturated heterocycles. The number of rotatable bonds is 7. The van der Waals surface area contributed by atoms with E-state index in [2.05, 4.69) is 26.6 Å². The van der Waals surface area contributed by atoms with E-state index in [1.165, 1.54) is 21.5 Å². The van der Waals surface area contributed by atoms with E-state index < -0.39 is 0 Å². The van der Waals surface area contributed by atoms with Crippen molar-refractivity contribution in [3.05, 3.63) is 52.5 Å². The van der Waals surface area contributed by atoms with E-state index in [9.17, 15) is 4.79 Å². The van der Waals surface area contributed by atoms with Crippen LogP contribution in [0.1, 0.15) is 10.7 Å². The molecule has 2 heterocycles. The van der Waals surface area contributed by atoms with Gasteiger partial charge in [0.25, 0.3) is 0 Å². The van der Waals surface area contributed by atoms with Gasteiger partial charge in [-0.05, 0) is 42.0 Å². The summed E-state index contributed by atoms with van der Waals surface area (Å²) in [5.74, 6) is 1.02. The first kappa shape index (κ1) is 17.1. The van der Waals surface area contributed by atoms with Crippen molar-refractivity contribution in [1.82, 2.24) is 15.2 Å². The quantitative estimate of drug-likeness (QED) is 0.612. The smallest absolute Gasteiger partial charge is 0.234 e. The third-order valence-electron chi connectivity index (χ3n) is 3.14. The summed E-state index contributed by atoms with van der Waals surface area (Å²) in [6, 6.07) is 11.9. The molecule has 2 N–H and O–H groups in total. The Morgan fingerprint density at radius 1 is 1.29 bits per heavy atom. The lowest BCUT2D eigenvalue weighted by Gasteiger charge is -2.04. The number of thioether (sulfide) groups is 2. The van der Waals surface area contributed by atoms with Crippen molar-refractivity contribution in [1.29, 1.82) is 0 Å². The Hall–Kier alpha value is -1.77. The van der Waals surface area contributed by atoms with Crippen LogP contribution in [0.15, 0.2) is 51.8 Å². The van der Waals surface area contributed by atoms with Gasteiger partial charge in [0.1, 0.15) is 5.82 Å². The minimum atomic E-state index is -0.0680. The van der Waals surface area contributed by atoms with Crippen molar-refractivity contribution in [2.24, 2.45) is 0 Å². The van der Waals surface area contributed by atoms with Gasteiger partial charge in [0.05, 0.1) is 5.75 Å². The highest BCUT2D eigenvalue weighted by atomic mass is 32.2. The van der Waals surface area contributed by atoms with Gasteiger partial charge in [-0.3, -0.25) is 9.89 Å². The van der Waals surface area contributed by atoms with Crippen molar-refractivity contribution in [2.45, 2.75) is 16.5 Å².